The molecule has 0 bridgehead atoms. The molecule has 1 rings (SSSR count). The van der Waals surface area contributed by atoms with E-state index in [9.17, 15) is 13.5 Å². The van der Waals surface area contributed by atoms with Crippen molar-refractivity contribution in [3.8, 4) is 0 Å². The Labute approximate surface area is 73.2 Å². The first-order chi connectivity index (χ1) is 5.23. The van der Waals surface area contributed by atoms with E-state index in [-0.39, 0.29) is 6.54 Å². The van der Waals surface area contributed by atoms with Crippen molar-refractivity contribution in [3.05, 3.63) is 0 Å². The molecule has 1 saturated heterocycles. The second-order valence-electron chi connectivity index (χ2n) is 3.96. The number of aliphatic hydroxyl groups excluding tert-OH is 1. The van der Waals surface area contributed by atoms with Crippen LogP contribution in [0.4, 0.5) is 0 Å². The Morgan fingerprint density at radius 2 is 2.00 bits per heavy atom. The zero-order valence-corrected chi connectivity index (χ0v) is 8.43. The van der Waals surface area contributed by atoms with Crippen LogP contribution >= 0.6 is 0 Å². The highest BCUT2D eigenvalue weighted by Crippen LogP contribution is 2.30. The second kappa shape index (κ2) is 2.68. The van der Waals surface area contributed by atoms with Crippen molar-refractivity contribution in [3.63, 3.8) is 0 Å². The predicted octanol–water partition coefficient (Wildman–Crippen LogP) is -0.209. The Morgan fingerprint density at radius 3 is 2.17 bits per heavy atom. The van der Waals surface area contributed by atoms with Crippen LogP contribution in [0.2, 0.25) is 0 Å². The Morgan fingerprint density at radius 1 is 1.50 bits per heavy atom. The van der Waals surface area contributed by atoms with Gasteiger partial charge in [0.05, 0.1) is 12.4 Å². The van der Waals surface area contributed by atoms with E-state index in [1.54, 1.807) is 0 Å². The summed E-state index contributed by atoms with van der Waals surface area (Å²) in [4.78, 5) is 0. The molecule has 0 amide bonds. The monoisotopic (exact) mass is 193 g/mol. The Hall–Kier alpha value is -0.130. The highest BCUT2D eigenvalue weighted by atomic mass is 32.2. The van der Waals surface area contributed by atoms with Gasteiger partial charge in [0.2, 0.25) is 10.0 Å². The minimum atomic E-state index is -3.17. The van der Waals surface area contributed by atoms with Gasteiger partial charge in [0.25, 0.3) is 0 Å². The van der Waals surface area contributed by atoms with Crippen molar-refractivity contribution in [2.24, 2.45) is 0 Å². The van der Waals surface area contributed by atoms with E-state index in [1.807, 2.05) is 13.8 Å². The molecule has 1 heterocycles. The zero-order valence-electron chi connectivity index (χ0n) is 7.61. The Bertz CT molecular complexity index is 270. The molecule has 4 nitrogen and oxygen atoms in total. The third-order valence-corrected chi connectivity index (χ3v) is 3.63. The summed E-state index contributed by atoms with van der Waals surface area (Å²) in [6.07, 6.45) is 1.17. The third-order valence-electron chi connectivity index (χ3n) is 2.19. The molecule has 0 aromatic carbocycles. The van der Waals surface area contributed by atoms with Gasteiger partial charge in [-0.3, -0.25) is 0 Å². The van der Waals surface area contributed by atoms with Crippen molar-refractivity contribution >= 4 is 10.0 Å². The van der Waals surface area contributed by atoms with E-state index < -0.39 is 21.7 Å². The lowest BCUT2D eigenvalue weighted by molar-refractivity contribution is 0.187. The lowest BCUT2D eigenvalue weighted by atomic mass is 10.0. The van der Waals surface area contributed by atoms with Gasteiger partial charge in [-0.2, -0.15) is 4.31 Å². The van der Waals surface area contributed by atoms with E-state index in [1.165, 1.54) is 10.6 Å². The SMILES string of the molecule is CC1(C)CC(O)CN1S(C)(=O)=O. The standard InChI is InChI=1S/C7H15NO3S/c1-7(2)4-6(9)5-8(7)12(3,10)11/h6,9H,4-5H2,1-3H3. The first-order valence-corrected chi connectivity index (χ1v) is 5.74. The minimum absolute atomic E-state index is 0.228. The van der Waals surface area contributed by atoms with Crippen molar-refractivity contribution in [1.29, 1.82) is 0 Å². The largest absolute Gasteiger partial charge is 0.392 e. The first kappa shape index (κ1) is 9.95. The molecule has 5 heteroatoms. The molecule has 0 saturated carbocycles. The lowest BCUT2D eigenvalue weighted by Crippen LogP contribution is -2.41. The van der Waals surface area contributed by atoms with Gasteiger partial charge in [0.15, 0.2) is 0 Å². The van der Waals surface area contributed by atoms with Crippen LogP contribution in [-0.2, 0) is 10.0 Å². The summed E-state index contributed by atoms with van der Waals surface area (Å²) in [5, 5.41) is 9.29. The number of β-amino-alcohol motifs (C(OH)–C–C–N with tert-alkyl or cyclic N) is 1. The van der Waals surface area contributed by atoms with Crippen LogP contribution in [0.15, 0.2) is 0 Å². The fourth-order valence-electron chi connectivity index (χ4n) is 1.77. The molecule has 0 aliphatic carbocycles. The molecule has 1 aliphatic rings. The number of aliphatic hydroxyl groups is 1. The summed E-state index contributed by atoms with van der Waals surface area (Å²) in [6.45, 7) is 3.88. The highest BCUT2D eigenvalue weighted by Gasteiger charge is 2.42. The van der Waals surface area contributed by atoms with Crippen LogP contribution in [0.3, 0.4) is 0 Å². The van der Waals surface area contributed by atoms with Gasteiger partial charge in [0.1, 0.15) is 0 Å². The van der Waals surface area contributed by atoms with Crippen molar-refractivity contribution in [2.75, 3.05) is 12.8 Å². The molecule has 1 N–H and O–H groups in total. The number of sulfonamides is 1. The van der Waals surface area contributed by atoms with Crippen LogP contribution < -0.4 is 0 Å². The van der Waals surface area contributed by atoms with E-state index in [2.05, 4.69) is 0 Å². The maximum Gasteiger partial charge on any atom is 0.211 e. The van der Waals surface area contributed by atoms with Crippen LogP contribution in [0.1, 0.15) is 20.3 Å². The van der Waals surface area contributed by atoms with Crippen LogP contribution in [-0.4, -0.2) is 42.3 Å². The molecule has 72 valence electrons. The smallest absolute Gasteiger partial charge is 0.211 e. The van der Waals surface area contributed by atoms with Gasteiger partial charge in [-0.05, 0) is 20.3 Å². The summed E-state index contributed by atoms with van der Waals surface area (Å²) < 4.78 is 23.8. The Kier molecular flexibility index (Phi) is 2.22. The third kappa shape index (κ3) is 1.78. The maximum absolute atomic E-state index is 11.2. The molecule has 0 aromatic heterocycles. The summed E-state index contributed by atoms with van der Waals surface area (Å²) in [5.74, 6) is 0. The van der Waals surface area contributed by atoms with Crippen molar-refractivity contribution in [2.45, 2.75) is 31.9 Å². The molecular weight excluding hydrogens is 178 g/mol. The maximum atomic E-state index is 11.2. The first-order valence-electron chi connectivity index (χ1n) is 3.89. The molecule has 1 aliphatic heterocycles. The normalized spacial score (nSPS) is 30.8. The van der Waals surface area contributed by atoms with Crippen molar-refractivity contribution < 1.29 is 13.5 Å². The topological polar surface area (TPSA) is 57.6 Å². The molecule has 1 fully saturated rings. The average Bonchev–Trinajstić information content (AvgIpc) is 2.02. The molecule has 1 atom stereocenters. The summed E-state index contributed by atoms with van der Waals surface area (Å²) in [7, 11) is -3.17. The van der Waals surface area contributed by atoms with Crippen LogP contribution in [0.25, 0.3) is 0 Å². The lowest BCUT2D eigenvalue weighted by Gasteiger charge is -2.28. The molecule has 0 spiro atoms. The fraction of sp³-hybridized carbons (Fsp3) is 1.00. The van der Waals surface area contributed by atoms with Gasteiger partial charge in [0, 0.05) is 12.1 Å². The molecular formula is C7H15NO3S. The van der Waals surface area contributed by atoms with Crippen LogP contribution in [0.5, 0.6) is 0 Å². The molecule has 0 aromatic rings. The number of hydrogen-bond donors (Lipinski definition) is 1. The van der Waals surface area contributed by atoms with Crippen molar-refractivity contribution in [1.82, 2.24) is 4.31 Å². The van der Waals surface area contributed by atoms with Gasteiger partial charge in [-0.25, -0.2) is 8.42 Å². The number of nitrogens with zero attached hydrogens (tertiary/aromatic N) is 1. The molecule has 0 radical (unpaired) electrons. The van der Waals surface area contributed by atoms with E-state index >= 15 is 0 Å². The summed E-state index contributed by atoms with van der Waals surface area (Å²) in [5.41, 5.74) is -0.438. The molecule has 12 heavy (non-hydrogen) atoms. The average molecular weight is 193 g/mol. The second-order valence-corrected chi connectivity index (χ2v) is 5.87. The predicted molar refractivity (Wildman–Crippen MR) is 46.3 cm³/mol. The summed E-state index contributed by atoms with van der Waals surface area (Å²) >= 11 is 0. The van der Waals surface area contributed by atoms with Gasteiger partial charge in [-0.1, -0.05) is 0 Å². The minimum Gasteiger partial charge on any atom is -0.392 e. The van der Waals surface area contributed by atoms with Gasteiger partial charge in [-0.15, -0.1) is 0 Å². The summed E-state index contributed by atoms with van der Waals surface area (Å²) in [6, 6.07) is 0. The van der Waals surface area contributed by atoms with Gasteiger partial charge >= 0.3 is 0 Å². The molecule has 1 unspecified atom stereocenters. The Balaban J connectivity index is 2.94. The van der Waals surface area contributed by atoms with E-state index in [0.717, 1.165) is 0 Å². The van der Waals surface area contributed by atoms with Crippen LogP contribution in [0, 0.1) is 0 Å². The van der Waals surface area contributed by atoms with Gasteiger partial charge < -0.3 is 5.11 Å². The number of rotatable bonds is 1. The quantitative estimate of drug-likeness (QED) is 0.627. The highest BCUT2D eigenvalue weighted by molar-refractivity contribution is 7.88. The van der Waals surface area contributed by atoms with E-state index in [0.29, 0.717) is 6.42 Å². The fourth-order valence-corrected chi connectivity index (χ4v) is 3.18. The zero-order chi connectivity index (χ0) is 9.57. The number of hydrogen-bond acceptors (Lipinski definition) is 3. The van der Waals surface area contributed by atoms with E-state index in [4.69, 9.17) is 0 Å².